The largest absolute Gasteiger partial charge is 0.493 e. The monoisotopic (exact) mass is 477 g/mol. The number of carboxylic acids is 1. The minimum Gasteiger partial charge on any atom is -0.493 e. The summed E-state index contributed by atoms with van der Waals surface area (Å²) in [5, 5.41) is 19.7. The van der Waals surface area contributed by atoms with Gasteiger partial charge in [-0.15, -0.1) is 0 Å². The molecule has 1 aliphatic heterocycles. The van der Waals surface area contributed by atoms with E-state index in [4.69, 9.17) is 25.8 Å². The zero-order chi connectivity index (χ0) is 24.3. The van der Waals surface area contributed by atoms with Crippen LogP contribution in [-0.2, 0) is 14.3 Å². The van der Waals surface area contributed by atoms with Crippen LogP contribution in [0.25, 0.3) is 0 Å². The van der Waals surface area contributed by atoms with Crippen LogP contribution in [0, 0.1) is 5.41 Å². The van der Waals surface area contributed by atoms with Crippen molar-refractivity contribution >= 4 is 29.2 Å². The number of anilines is 1. The Labute approximate surface area is 197 Å². The van der Waals surface area contributed by atoms with Gasteiger partial charge in [0.2, 0.25) is 0 Å². The third-order valence-corrected chi connectivity index (χ3v) is 5.73. The first-order chi connectivity index (χ1) is 15.6. The highest BCUT2D eigenvalue weighted by Crippen LogP contribution is 2.45. The summed E-state index contributed by atoms with van der Waals surface area (Å²) in [5.74, 6) is -0.811. The Bertz CT molecular complexity index is 1040. The Morgan fingerprint density at radius 2 is 1.91 bits per heavy atom. The lowest BCUT2D eigenvalue weighted by molar-refractivity contribution is -0.147. The first-order valence-corrected chi connectivity index (χ1v) is 10.8. The number of halogens is 1. The van der Waals surface area contributed by atoms with Crippen molar-refractivity contribution in [1.29, 1.82) is 0 Å². The fourth-order valence-electron chi connectivity index (χ4n) is 3.86. The first kappa shape index (κ1) is 24.8. The van der Waals surface area contributed by atoms with Gasteiger partial charge in [-0.2, -0.15) is 0 Å². The van der Waals surface area contributed by atoms with Gasteiger partial charge in [-0.1, -0.05) is 37.6 Å². The number of aliphatic carboxylic acids is 1. The van der Waals surface area contributed by atoms with Gasteiger partial charge in [0.25, 0.3) is 5.91 Å². The summed E-state index contributed by atoms with van der Waals surface area (Å²) < 4.78 is 17.2. The Morgan fingerprint density at radius 1 is 1.18 bits per heavy atom. The first-order valence-electron chi connectivity index (χ1n) is 10.4. The predicted molar refractivity (Wildman–Crippen MR) is 123 cm³/mol. The molecule has 0 aliphatic carbocycles. The molecule has 1 aliphatic rings. The number of carbonyl (C=O) groups excluding carboxylic acids is 1. The number of hydrogen-bond donors (Lipinski definition) is 2. The van der Waals surface area contributed by atoms with Crippen LogP contribution < -0.4 is 14.4 Å². The molecule has 0 bridgehead atoms. The fraction of sp³-hybridized carbons (Fsp3) is 0.417. The number of aliphatic hydroxyl groups is 1. The Morgan fingerprint density at radius 3 is 2.52 bits per heavy atom. The number of hydrogen-bond acceptors (Lipinski definition) is 6. The molecule has 2 aromatic rings. The van der Waals surface area contributed by atoms with Crippen LogP contribution in [0.15, 0.2) is 36.4 Å². The molecule has 0 radical (unpaired) electrons. The van der Waals surface area contributed by atoms with Gasteiger partial charge in [0.05, 0.1) is 20.6 Å². The summed E-state index contributed by atoms with van der Waals surface area (Å²) >= 11 is 6.33. The molecule has 9 heteroatoms. The molecule has 2 atom stereocenters. The lowest BCUT2D eigenvalue weighted by Crippen LogP contribution is -2.45. The zero-order valence-corrected chi connectivity index (χ0v) is 19.8. The highest BCUT2D eigenvalue weighted by molar-refractivity contribution is 6.30. The molecule has 2 aromatic carbocycles. The molecule has 0 fully saturated rings. The molecule has 33 heavy (non-hydrogen) atoms. The highest BCUT2D eigenvalue weighted by Gasteiger charge is 2.40. The van der Waals surface area contributed by atoms with Crippen LogP contribution in [0.4, 0.5) is 5.69 Å². The third kappa shape index (κ3) is 5.24. The van der Waals surface area contributed by atoms with Gasteiger partial charge in [-0.25, -0.2) is 0 Å². The van der Waals surface area contributed by atoms with E-state index in [0.717, 1.165) is 0 Å². The lowest BCUT2D eigenvalue weighted by Gasteiger charge is -2.32. The van der Waals surface area contributed by atoms with Crippen LogP contribution in [-0.4, -0.2) is 55.6 Å². The van der Waals surface area contributed by atoms with Crippen LogP contribution in [0.3, 0.4) is 0 Å². The molecular weight excluding hydrogens is 450 g/mol. The molecule has 3 rings (SSSR count). The molecule has 1 amide bonds. The predicted octanol–water partition coefficient (Wildman–Crippen LogP) is 3.67. The van der Waals surface area contributed by atoms with Crippen LogP contribution in [0.5, 0.6) is 11.5 Å². The zero-order valence-electron chi connectivity index (χ0n) is 19.0. The number of benzene rings is 2. The van der Waals surface area contributed by atoms with Gasteiger partial charge in [-0.05, 0) is 24.3 Å². The number of amides is 1. The van der Waals surface area contributed by atoms with Crippen molar-refractivity contribution in [1.82, 2.24) is 0 Å². The smallest absolute Gasteiger partial charge is 0.306 e. The van der Waals surface area contributed by atoms with Crippen LogP contribution >= 0.6 is 11.6 Å². The summed E-state index contributed by atoms with van der Waals surface area (Å²) in [4.78, 5) is 26.6. The van der Waals surface area contributed by atoms with Gasteiger partial charge >= 0.3 is 5.97 Å². The van der Waals surface area contributed by atoms with Gasteiger partial charge < -0.3 is 29.3 Å². The number of rotatable bonds is 8. The lowest BCUT2D eigenvalue weighted by atomic mass is 9.92. The Kier molecular flexibility index (Phi) is 7.51. The number of carbonyl (C=O) groups is 2. The Hall–Kier alpha value is -2.81. The maximum absolute atomic E-state index is 13.5. The number of ether oxygens (including phenoxy) is 3. The summed E-state index contributed by atoms with van der Waals surface area (Å²) in [6, 6.07) is 10.3. The van der Waals surface area contributed by atoms with E-state index in [1.165, 1.54) is 19.1 Å². The van der Waals surface area contributed by atoms with Crippen molar-refractivity contribution in [2.45, 2.75) is 32.5 Å². The summed E-state index contributed by atoms with van der Waals surface area (Å²) in [6.07, 6.45) is -2.66. The van der Waals surface area contributed by atoms with Crippen molar-refractivity contribution in [3.05, 3.63) is 52.5 Å². The standard InChI is InChI=1S/C24H28ClNO7/c1-24(2,13-27)12-26-17-9-8-14(25)10-16(17)21(33-19(23(26)30)11-20(28)29)15-6-5-7-18(31-3)22(15)32-4/h5-10,19,21,27H,11-13H2,1-4H3,(H,28,29)/t19-,21?/m1/s1. The van der Waals surface area contributed by atoms with Crippen molar-refractivity contribution < 1.29 is 34.0 Å². The van der Waals surface area contributed by atoms with E-state index in [2.05, 4.69) is 0 Å². The second-order valence-electron chi connectivity index (χ2n) is 8.64. The molecule has 1 unspecified atom stereocenters. The van der Waals surface area contributed by atoms with Crippen molar-refractivity contribution in [3.8, 4) is 11.5 Å². The summed E-state index contributed by atoms with van der Waals surface area (Å²) in [6.45, 7) is 3.61. The molecule has 0 saturated heterocycles. The van der Waals surface area contributed by atoms with E-state index >= 15 is 0 Å². The normalized spacial score (nSPS) is 18.5. The average molecular weight is 478 g/mol. The van der Waals surface area contributed by atoms with Crippen LogP contribution in [0.2, 0.25) is 5.02 Å². The Balaban J connectivity index is 2.26. The molecule has 178 valence electrons. The van der Waals surface area contributed by atoms with Gasteiger partial charge in [0.15, 0.2) is 11.5 Å². The van der Waals surface area contributed by atoms with Crippen molar-refractivity contribution in [2.24, 2.45) is 5.41 Å². The molecule has 0 aromatic heterocycles. The number of nitrogens with zero attached hydrogens (tertiary/aromatic N) is 1. The summed E-state index contributed by atoms with van der Waals surface area (Å²) in [7, 11) is 3.00. The SMILES string of the molecule is COc1cccc(C2O[C@H](CC(=O)O)C(=O)N(CC(C)(C)CO)c3ccc(Cl)cc32)c1OC. The highest BCUT2D eigenvalue weighted by atomic mass is 35.5. The summed E-state index contributed by atoms with van der Waals surface area (Å²) in [5.41, 5.74) is 1.01. The molecular formula is C24H28ClNO7. The maximum Gasteiger partial charge on any atom is 0.306 e. The number of methoxy groups -OCH3 is 2. The van der Waals surface area contributed by atoms with Gasteiger partial charge in [-0.3, -0.25) is 9.59 Å². The number of fused-ring (bicyclic) bond motifs is 1. The minimum absolute atomic E-state index is 0.151. The molecule has 2 N–H and O–H groups in total. The number of aliphatic hydroxyl groups excluding tert-OH is 1. The van der Waals surface area contributed by atoms with E-state index < -0.39 is 35.9 Å². The van der Waals surface area contributed by atoms with Crippen LogP contribution in [0.1, 0.15) is 37.5 Å². The molecule has 1 heterocycles. The van der Waals surface area contributed by atoms with E-state index in [0.29, 0.717) is 33.3 Å². The van der Waals surface area contributed by atoms with E-state index in [1.54, 1.807) is 36.4 Å². The molecule has 8 nitrogen and oxygen atoms in total. The van der Waals surface area contributed by atoms with Crippen molar-refractivity contribution in [2.75, 3.05) is 32.3 Å². The topological polar surface area (TPSA) is 106 Å². The van der Waals surface area contributed by atoms with E-state index in [-0.39, 0.29) is 13.2 Å². The van der Waals surface area contributed by atoms with E-state index in [1.807, 2.05) is 13.8 Å². The minimum atomic E-state index is -1.27. The van der Waals surface area contributed by atoms with Gasteiger partial charge in [0, 0.05) is 40.4 Å². The molecule has 0 saturated carbocycles. The van der Waals surface area contributed by atoms with E-state index in [9.17, 15) is 19.8 Å². The third-order valence-electron chi connectivity index (χ3n) is 5.49. The number of carboxylic acid groups (broad SMARTS) is 1. The van der Waals surface area contributed by atoms with Gasteiger partial charge in [0.1, 0.15) is 12.2 Å². The second kappa shape index (κ2) is 9.99. The fourth-order valence-corrected chi connectivity index (χ4v) is 4.04. The maximum atomic E-state index is 13.5. The molecule has 0 spiro atoms. The second-order valence-corrected chi connectivity index (χ2v) is 9.07. The quantitative estimate of drug-likeness (QED) is 0.597. The number of para-hydroxylation sites is 1. The average Bonchev–Trinajstić information content (AvgIpc) is 2.88. The van der Waals surface area contributed by atoms with Crippen molar-refractivity contribution in [3.63, 3.8) is 0 Å².